The first-order valence-corrected chi connectivity index (χ1v) is 11.3. The number of hydrogen-bond acceptors (Lipinski definition) is 4. The third kappa shape index (κ3) is 5.08. The fourth-order valence-corrected chi connectivity index (χ4v) is 4.16. The molecule has 3 aromatic carbocycles. The van der Waals surface area contributed by atoms with Gasteiger partial charge in [0.05, 0.1) is 16.8 Å². The Balaban J connectivity index is 1.45. The lowest BCUT2D eigenvalue weighted by Gasteiger charge is -2.12. The first-order valence-electron chi connectivity index (χ1n) is 9.37. The zero-order valence-corrected chi connectivity index (χ0v) is 17.9. The molecular weight excluding hydrogens is 430 g/mol. The summed E-state index contributed by atoms with van der Waals surface area (Å²) >= 11 is 5.30. The molecular formula is C22H19N5O2S2. The number of benzene rings is 3. The molecule has 156 valence electrons. The van der Waals surface area contributed by atoms with E-state index < -0.39 is 10.0 Å². The summed E-state index contributed by atoms with van der Waals surface area (Å²) in [6, 6.07) is 26.8. The van der Waals surface area contributed by atoms with Crippen LogP contribution in [0.4, 0.5) is 17.2 Å². The zero-order valence-electron chi connectivity index (χ0n) is 16.3. The van der Waals surface area contributed by atoms with Crippen LogP contribution in [-0.4, -0.2) is 23.3 Å². The van der Waals surface area contributed by atoms with Crippen molar-refractivity contribution in [2.45, 2.75) is 4.90 Å². The molecule has 0 bridgehead atoms. The van der Waals surface area contributed by atoms with Crippen LogP contribution in [0.5, 0.6) is 0 Å². The average Bonchev–Trinajstić information content (AvgIpc) is 3.23. The minimum atomic E-state index is -3.79. The molecule has 0 aliphatic heterocycles. The molecule has 9 heteroatoms. The predicted octanol–water partition coefficient (Wildman–Crippen LogP) is 4.48. The number of nitrogens with zero attached hydrogens (tertiary/aromatic N) is 2. The Morgan fingerprint density at radius 2 is 1.35 bits per heavy atom. The molecule has 0 aliphatic carbocycles. The van der Waals surface area contributed by atoms with Crippen molar-refractivity contribution >= 4 is 44.5 Å². The summed E-state index contributed by atoms with van der Waals surface area (Å²) in [5.41, 5.74) is 2.28. The molecule has 4 aromatic rings. The van der Waals surface area contributed by atoms with E-state index in [-0.39, 0.29) is 4.90 Å². The predicted molar refractivity (Wildman–Crippen MR) is 127 cm³/mol. The topological polar surface area (TPSA) is 88.0 Å². The van der Waals surface area contributed by atoms with E-state index in [0.717, 1.165) is 11.4 Å². The molecule has 0 unspecified atom stereocenters. The Hall–Kier alpha value is -3.69. The number of para-hydroxylation sites is 2. The van der Waals surface area contributed by atoms with Crippen molar-refractivity contribution in [1.82, 2.24) is 9.78 Å². The SMILES string of the molecule is O=S(=O)(Nc1ccnn1-c1ccccc1)c1ccc(NC(=S)Nc2ccccc2)cc1. The molecule has 0 fully saturated rings. The summed E-state index contributed by atoms with van der Waals surface area (Å²) in [6.07, 6.45) is 1.54. The van der Waals surface area contributed by atoms with Gasteiger partial charge in [-0.3, -0.25) is 4.72 Å². The molecule has 7 nitrogen and oxygen atoms in total. The van der Waals surface area contributed by atoms with Crippen molar-refractivity contribution in [2.24, 2.45) is 0 Å². The number of aromatic nitrogens is 2. The van der Waals surface area contributed by atoms with E-state index in [1.165, 1.54) is 16.8 Å². The fourth-order valence-electron chi connectivity index (χ4n) is 2.88. The molecule has 31 heavy (non-hydrogen) atoms. The highest BCUT2D eigenvalue weighted by molar-refractivity contribution is 7.92. The van der Waals surface area contributed by atoms with Crippen molar-refractivity contribution in [1.29, 1.82) is 0 Å². The standard InChI is InChI=1S/C22H19N5O2S2/c28-31(29,26-21-15-16-23-27(21)19-9-5-2-6-10-19)20-13-11-18(12-14-20)25-22(30)24-17-7-3-1-4-8-17/h1-16,26H,(H2,24,25,30). The molecule has 0 saturated carbocycles. The van der Waals surface area contributed by atoms with E-state index >= 15 is 0 Å². The highest BCUT2D eigenvalue weighted by Gasteiger charge is 2.17. The van der Waals surface area contributed by atoms with Crippen LogP contribution in [0.25, 0.3) is 5.69 Å². The molecule has 0 amide bonds. The van der Waals surface area contributed by atoms with Gasteiger partial charge < -0.3 is 10.6 Å². The Labute approximate surface area is 185 Å². The Morgan fingerprint density at radius 1 is 0.774 bits per heavy atom. The lowest BCUT2D eigenvalue weighted by Crippen LogP contribution is -2.19. The molecule has 0 atom stereocenters. The van der Waals surface area contributed by atoms with Gasteiger partial charge in [-0.25, -0.2) is 13.1 Å². The molecule has 0 radical (unpaired) electrons. The largest absolute Gasteiger partial charge is 0.332 e. The summed E-state index contributed by atoms with van der Waals surface area (Å²) in [4.78, 5) is 0.126. The lowest BCUT2D eigenvalue weighted by molar-refractivity contribution is 0.600. The summed E-state index contributed by atoms with van der Waals surface area (Å²) in [7, 11) is -3.79. The number of sulfonamides is 1. The minimum absolute atomic E-state index is 0.126. The summed E-state index contributed by atoms with van der Waals surface area (Å²) in [6.45, 7) is 0. The highest BCUT2D eigenvalue weighted by Crippen LogP contribution is 2.20. The van der Waals surface area contributed by atoms with E-state index in [4.69, 9.17) is 12.2 Å². The number of nitrogens with one attached hydrogen (secondary N) is 3. The van der Waals surface area contributed by atoms with Gasteiger partial charge in [0.1, 0.15) is 5.82 Å². The van der Waals surface area contributed by atoms with Crippen molar-refractivity contribution in [2.75, 3.05) is 15.4 Å². The van der Waals surface area contributed by atoms with Crippen LogP contribution in [0, 0.1) is 0 Å². The molecule has 0 spiro atoms. The van der Waals surface area contributed by atoms with Gasteiger partial charge in [-0.2, -0.15) is 5.10 Å². The van der Waals surface area contributed by atoms with Gasteiger partial charge in [0, 0.05) is 17.4 Å². The smallest absolute Gasteiger partial charge is 0.263 e. The van der Waals surface area contributed by atoms with Crippen molar-refractivity contribution in [3.05, 3.63) is 97.2 Å². The number of anilines is 3. The number of hydrogen-bond donors (Lipinski definition) is 3. The minimum Gasteiger partial charge on any atom is -0.332 e. The molecule has 0 saturated heterocycles. The van der Waals surface area contributed by atoms with Crippen molar-refractivity contribution < 1.29 is 8.42 Å². The van der Waals surface area contributed by atoms with Gasteiger partial charge in [0.2, 0.25) is 0 Å². The maximum Gasteiger partial charge on any atom is 0.263 e. The van der Waals surface area contributed by atoms with E-state index in [9.17, 15) is 8.42 Å². The van der Waals surface area contributed by atoms with Crippen LogP contribution < -0.4 is 15.4 Å². The molecule has 4 rings (SSSR count). The van der Waals surface area contributed by atoms with Crippen LogP contribution >= 0.6 is 12.2 Å². The summed E-state index contributed by atoms with van der Waals surface area (Å²) in [5.74, 6) is 0.349. The second kappa shape index (κ2) is 8.99. The molecule has 1 aromatic heterocycles. The van der Waals surface area contributed by atoms with E-state index in [1.54, 1.807) is 24.4 Å². The first kappa shape index (κ1) is 20.6. The van der Waals surface area contributed by atoms with Crippen LogP contribution in [0.1, 0.15) is 0 Å². The van der Waals surface area contributed by atoms with Crippen LogP contribution in [0.15, 0.2) is 102 Å². The van der Waals surface area contributed by atoms with Gasteiger partial charge in [-0.15, -0.1) is 0 Å². The molecule has 3 N–H and O–H groups in total. The Morgan fingerprint density at radius 3 is 2.00 bits per heavy atom. The highest BCUT2D eigenvalue weighted by atomic mass is 32.2. The van der Waals surface area contributed by atoms with Crippen molar-refractivity contribution in [3.63, 3.8) is 0 Å². The van der Waals surface area contributed by atoms with Gasteiger partial charge in [-0.05, 0) is 60.7 Å². The Kier molecular flexibility index (Phi) is 5.96. The zero-order chi connectivity index (χ0) is 21.7. The quantitative estimate of drug-likeness (QED) is 0.376. The summed E-state index contributed by atoms with van der Waals surface area (Å²) in [5, 5.41) is 10.7. The normalized spacial score (nSPS) is 11.0. The second-order valence-corrected chi connectivity index (χ2v) is 8.63. The van der Waals surface area contributed by atoms with Gasteiger partial charge in [0.15, 0.2) is 5.11 Å². The van der Waals surface area contributed by atoms with Crippen LogP contribution in [0.3, 0.4) is 0 Å². The molecule has 0 aliphatic rings. The Bertz CT molecular complexity index is 1270. The third-order valence-corrected chi connectivity index (χ3v) is 5.91. The van der Waals surface area contributed by atoms with Gasteiger partial charge in [-0.1, -0.05) is 36.4 Å². The third-order valence-electron chi connectivity index (χ3n) is 4.34. The first-order chi connectivity index (χ1) is 15.0. The van der Waals surface area contributed by atoms with Crippen molar-refractivity contribution in [3.8, 4) is 5.69 Å². The lowest BCUT2D eigenvalue weighted by atomic mass is 10.3. The van der Waals surface area contributed by atoms with Crippen LogP contribution in [-0.2, 0) is 10.0 Å². The maximum atomic E-state index is 12.8. The van der Waals surface area contributed by atoms with Crippen LogP contribution in [0.2, 0.25) is 0 Å². The molecule has 1 heterocycles. The average molecular weight is 450 g/mol. The second-order valence-electron chi connectivity index (χ2n) is 6.54. The fraction of sp³-hybridized carbons (Fsp3) is 0. The maximum absolute atomic E-state index is 12.8. The number of thiocarbonyl (C=S) groups is 1. The van der Waals surface area contributed by atoms with E-state index in [0.29, 0.717) is 16.6 Å². The van der Waals surface area contributed by atoms with Gasteiger partial charge >= 0.3 is 0 Å². The van der Waals surface area contributed by atoms with E-state index in [2.05, 4.69) is 20.5 Å². The number of rotatable bonds is 6. The van der Waals surface area contributed by atoms with Gasteiger partial charge in [0.25, 0.3) is 10.0 Å². The monoisotopic (exact) mass is 449 g/mol. The summed E-state index contributed by atoms with van der Waals surface area (Å²) < 4.78 is 29.8. The van der Waals surface area contributed by atoms with E-state index in [1.807, 2.05) is 60.7 Å².